The van der Waals surface area contributed by atoms with Crippen LogP contribution in [0.15, 0.2) is 12.3 Å². The maximum atomic E-state index is 4.79. The van der Waals surface area contributed by atoms with Crippen LogP contribution in [-0.4, -0.2) is 16.0 Å². The van der Waals surface area contributed by atoms with Gasteiger partial charge >= 0.3 is 0 Å². The average Bonchev–Trinajstić information content (AvgIpc) is 3.20. The lowest BCUT2D eigenvalue weighted by molar-refractivity contribution is 0.441. The third-order valence-corrected chi connectivity index (χ3v) is 4.35. The second kappa shape index (κ2) is 6.47. The van der Waals surface area contributed by atoms with Crippen molar-refractivity contribution in [3.63, 3.8) is 0 Å². The molecule has 0 bridgehead atoms. The minimum absolute atomic E-state index is 0.598. The van der Waals surface area contributed by atoms with Gasteiger partial charge in [0, 0.05) is 24.7 Å². The Hall–Kier alpha value is -0.960. The van der Waals surface area contributed by atoms with Gasteiger partial charge in [-0.3, -0.25) is 0 Å². The number of nitrogens with one attached hydrogen (secondary N) is 1. The number of rotatable bonds is 4. The van der Waals surface area contributed by atoms with Crippen LogP contribution in [0.3, 0.4) is 0 Å². The van der Waals surface area contributed by atoms with Crippen molar-refractivity contribution in [2.75, 3.05) is 0 Å². The molecule has 3 nitrogen and oxygen atoms in total. The fourth-order valence-corrected chi connectivity index (χ4v) is 2.96. The summed E-state index contributed by atoms with van der Waals surface area (Å²) in [5.74, 6) is 1.69. The highest BCUT2D eigenvalue weighted by molar-refractivity contribution is 5.06. The van der Waals surface area contributed by atoms with Crippen molar-refractivity contribution in [3.05, 3.63) is 23.8 Å². The van der Waals surface area contributed by atoms with Crippen LogP contribution in [0.1, 0.15) is 75.2 Å². The summed E-state index contributed by atoms with van der Waals surface area (Å²) in [6.07, 6.45) is 14.1. The van der Waals surface area contributed by atoms with Crippen molar-refractivity contribution in [2.24, 2.45) is 0 Å². The molecule has 3 heteroatoms. The Balaban J connectivity index is 1.62. The second-order valence-corrected chi connectivity index (χ2v) is 6.10. The van der Waals surface area contributed by atoms with Crippen LogP contribution in [0.2, 0.25) is 0 Å². The van der Waals surface area contributed by atoms with Gasteiger partial charge in [0.25, 0.3) is 0 Å². The fraction of sp³-hybridized carbons (Fsp3) is 0.750. The quantitative estimate of drug-likeness (QED) is 0.898. The molecule has 1 heterocycles. The van der Waals surface area contributed by atoms with Crippen LogP contribution < -0.4 is 5.32 Å². The zero-order valence-corrected chi connectivity index (χ0v) is 11.8. The molecule has 2 fully saturated rings. The monoisotopic (exact) mass is 259 g/mol. The van der Waals surface area contributed by atoms with Crippen molar-refractivity contribution in [2.45, 2.75) is 76.3 Å². The van der Waals surface area contributed by atoms with E-state index >= 15 is 0 Å². The minimum atomic E-state index is 0.598. The van der Waals surface area contributed by atoms with E-state index in [2.05, 4.69) is 16.4 Å². The molecule has 0 saturated heterocycles. The predicted octanol–water partition coefficient (Wildman–Crippen LogP) is 3.56. The third kappa shape index (κ3) is 4.00. The smallest absolute Gasteiger partial charge is 0.131 e. The van der Waals surface area contributed by atoms with E-state index in [-0.39, 0.29) is 0 Å². The first-order valence-electron chi connectivity index (χ1n) is 7.97. The van der Waals surface area contributed by atoms with Gasteiger partial charge < -0.3 is 5.32 Å². The standard InChI is InChI=1S/C16H25N3/c1-2-4-6-13(7-5-3-1)16-17-11-10-15(19-16)12-18-14-8-9-14/h10-11,13-14,18H,1-9,12H2. The van der Waals surface area contributed by atoms with Crippen molar-refractivity contribution < 1.29 is 0 Å². The SMILES string of the molecule is c1cc(CNC2CC2)nc(C2CCCCCCC2)n1. The van der Waals surface area contributed by atoms with Gasteiger partial charge in [-0.15, -0.1) is 0 Å². The molecular weight excluding hydrogens is 234 g/mol. The lowest BCUT2D eigenvalue weighted by Crippen LogP contribution is -2.17. The molecule has 104 valence electrons. The zero-order valence-electron chi connectivity index (χ0n) is 11.8. The first-order chi connectivity index (χ1) is 9.42. The largest absolute Gasteiger partial charge is 0.308 e. The summed E-state index contributed by atoms with van der Waals surface area (Å²) < 4.78 is 0. The first-order valence-corrected chi connectivity index (χ1v) is 7.97. The summed E-state index contributed by atoms with van der Waals surface area (Å²) in [7, 11) is 0. The molecule has 0 aromatic carbocycles. The molecule has 3 rings (SSSR count). The molecule has 0 atom stereocenters. The second-order valence-electron chi connectivity index (χ2n) is 6.10. The molecule has 2 aliphatic rings. The Bertz CT molecular complexity index is 393. The van der Waals surface area contributed by atoms with Gasteiger partial charge in [0.1, 0.15) is 5.82 Å². The molecule has 2 saturated carbocycles. The van der Waals surface area contributed by atoms with Crippen molar-refractivity contribution in [3.8, 4) is 0 Å². The topological polar surface area (TPSA) is 37.8 Å². The number of aromatic nitrogens is 2. The van der Waals surface area contributed by atoms with E-state index in [1.54, 1.807) is 0 Å². The Labute approximate surface area is 116 Å². The normalized spacial score (nSPS) is 21.9. The molecular formula is C16H25N3. The summed E-state index contributed by atoms with van der Waals surface area (Å²) in [4.78, 5) is 9.33. The molecule has 2 aliphatic carbocycles. The predicted molar refractivity (Wildman–Crippen MR) is 77.0 cm³/mol. The minimum Gasteiger partial charge on any atom is -0.308 e. The van der Waals surface area contributed by atoms with Crippen LogP contribution in [-0.2, 0) is 6.54 Å². The first kappa shape index (κ1) is 13.0. The van der Waals surface area contributed by atoms with E-state index in [0.29, 0.717) is 5.92 Å². The molecule has 19 heavy (non-hydrogen) atoms. The Kier molecular flexibility index (Phi) is 4.44. The van der Waals surface area contributed by atoms with Crippen LogP contribution in [0, 0.1) is 0 Å². The molecule has 1 N–H and O–H groups in total. The van der Waals surface area contributed by atoms with Crippen LogP contribution in [0.4, 0.5) is 0 Å². The lowest BCUT2D eigenvalue weighted by atomic mass is 9.90. The van der Waals surface area contributed by atoms with Crippen LogP contribution in [0.5, 0.6) is 0 Å². The van der Waals surface area contributed by atoms with E-state index in [4.69, 9.17) is 4.98 Å². The Morgan fingerprint density at radius 2 is 1.74 bits per heavy atom. The molecule has 0 unspecified atom stereocenters. The lowest BCUT2D eigenvalue weighted by Gasteiger charge is -2.18. The summed E-state index contributed by atoms with van der Waals surface area (Å²) in [5.41, 5.74) is 1.17. The average molecular weight is 259 g/mol. The van der Waals surface area contributed by atoms with Gasteiger partial charge in [-0.05, 0) is 31.7 Å². The van der Waals surface area contributed by atoms with Crippen LogP contribution in [0.25, 0.3) is 0 Å². The molecule has 0 spiro atoms. The summed E-state index contributed by atoms with van der Waals surface area (Å²) in [5, 5.41) is 3.54. The summed E-state index contributed by atoms with van der Waals surface area (Å²) in [6.45, 7) is 0.910. The van der Waals surface area contributed by atoms with Gasteiger partial charge in [0.2, 0.25) is 0 Å². The van der Waals surface area contributed by atoms with E-state index in [9.17, 15) is 0 Å². The van der Waals surface area contributed by atoms with Crippen molar-refractivity contribution >= 4 is 0 Å². The maximum absolute atomic E-state index is 4.79. The summed E-state index contributed by atoms with van der Waals surface area (Å²) >= 11 is 0. The van der Waals surface area contributed by atoms with E-state index in [0.717, 1.165) is 18.4 Å². The van der Waals surface area contributed by atoms with Gasteiger partial charge in [-0.25, -0.2) is 9.97 Å². The zero-order chi connectivity index (χ0) is 12.9. The van der Waals surface area contributed by atoms with Crippen molar-refractivity contribution in [1.29, 1.82) is 0 Å². The highest BCUT2D eigenvalue weighted by Gasteiger charge is 2.21. The highest BCUT2D eigenvalue weighted by Crippen LogP contribution is 2.28. The van der Waals surface area contributed by atoms with E-state index < -0.39 is 0 Å². The molecule has 0 radical (unpaired) electrons. The molecule has 1 aromatic rings. The van der Waals surface area contributed by atoms with Crippen molar-refractivity contribution in [1.82, 2.24) is 15.3 Å². The van der Waals surface area contributed by atoms with E-state index in [1.807, 2.05) is 6.20 Å². The van der Waals surface area contributed by atoms with E-state index in [1.165, 1.54) is 63.5 Å². The number of nitrogens with zero attached hydrogens (tertiary/aromatic N) is 2. The van der Waals surface area contributed by atoms with Gasteiger partial charge in [0.05, 0.1) is 5.69 Å². The van der Waals surface area contributed by atoms with Gasteiger partial charge in [0.15, 0.2) is 0 Å². The summed E-state index contributed by atoms with van der Waals surface area (Å²) in [6, 6.07) is 2.81. The van der Waals surface area contributed by atoms with Gasteiger partial charge in [-0.1, -0.05) is 32.1 Å². The molecule has 0 aliphatic heterocycles. The third-order valence-electron chi connectivity index (χ3n) is 4.35. The number of hydrogen-bond donors (Lipinski definition) is 1. The molecule has 0 amide bonds. The Morgan fingerprint density at radius 3 is 2.47 bits per heavy atom. The molecule has 1 aromatic heterocycles. The maximum Gasteiger partial charge on any atom is 0.131 e. The van der Waals surface area contributed by atoms with Crippen LogP contribution >= 0.6 is 0 Å². The number of hydrogen-bond acceptors (Lipinski definition) is 3. The fourth-order valence-electron chi connectivity index (χ4n) is 2.96. The highest BCUT2D eigenvalue weighted by atomic mass is 15.0. The van der Waals surface area contributed by atoms with Gasteiger partial charge in [-0.2, -0.15) is 0 Å². The Morgan fingerprint density at radius 1 is 1.00 bits per heavy atom.